The first-order valence-corrected chi connectivity index (χ1v) is 13.6. The van der Waals surface area contributed by atoms with Crippen molar-refractivity contribution in [3.05, 3.63) is 101 Å². The topological polar surface area (TPSA) is 76.1 Å². The molecule has 34 heavy (non-hydrogen) atoms. The second-order valence-corrected chi connectivity index (χ2v) is 11.3. The summed E-state index contributed by atoms with van der Waals surface area (Å²) < 4.78 is 24.0. The lowest BCUT2D eigenvalue weighted by atomic mass is 10.1. The normalized spacial score (nSPS) is 11.3. The summed E-state index contributed by atoms with van der Waals surface area (Å²) in [7, 11) is -3.25. The Hall–Kier alpha value is -3.29. The summed E-state index contributed by atoms with van der Waals surface area (Å²) in [6.45, 7) is 1.61. The van der Waals surface area contributed by atoms with Crippen molar-refractivity contribution in [2.75, 3.05) is 11.1 Å². The molecule has 0 unspecified atom stereocenters. The van der Waals surface area contributed by atoms with Gasteiger partial charge in [0.15, 0.2) is 15.0 Å². The molecule has 4 rings (SSSR count). The summed E-state index contributed by atoms with van der Waals surface area (Å²) in [6, 6.07) is 26.8. The Balaban J connectivity index is 1.49. The Labute approximate surface area is 204 Å². The van der Waals surface area contributed by atoms with E-state index in [-0.39, 0.29) is 23.0 Å². The van der Waals surface area contributed by atoms with Crippen LogP contribution in [0, 0.1) is 0 Å². The number of thiazole rings is 1. The van der Waals surface area contributed by atoms with E-state index < -0.39 is 9.84 Å². The number of rotatable bonds is 9. The number of aromatic nitrogens is 1. The van der Waals surface area contributed by atoms with Crippen molar-refractivity contribution in [1.82, 2.24) is 4.98 Å². The van der Waals surface area contributed by atoms with Crippen LogP contribution in [-0.2, 0) is 33.9 Å². The summed E-state index contributed by atoms with van der Waals surface area (Å²) in [5.41, 5.74) is 3.92. The predicted octanol–water partition coefficient (Wildman–Crippen LogP) is 5.57. The fourth-order valence-electron chi connectivity index (χ4n) is 3.63. The summed E-state index contributed by atoms with van der Waals surface area (Å²) in [5, 5.41) is 3.49. The standard InChI is InChI=1S/C27H26N2O3S2/c1-2-34(31,32)23-16-13-21(14-17-23)19-25(30)28-27-29-26(22-11-7-4-8-12-22)24(33-27)18-15-20-9-5-3-6-10-20/h3-14,16-17H,2,15,18-19H2,1H3,(H,28,29,30). The molecule has 3 aromatic carbocycles. The second-order valence-electron chi connectivity index (χ2n) is 7.91. The molecule has 0 aliphatic carbocycles. The molecule has 1 N–H and O–H groups in total. The third kappa shape index (κ3) is 5.98. The Kier molecular flexibility index (Phi) is 7.55. The molecule has 0 radical (unpaired) electrons. The number of benzene rings is 3. The van der Waals surface area contributed by atoms with E-state index >= 15 is 0 Å². The molecule has 5 nitrogen and oxygen atoms in total. The van der Waals surface area contributed by atoms with Crippen LogP contribution in [0.2, 0.25) is 0 Å². The van der Waals surface area contributed by atoms with Crippen molar-refractivity contribution < 1.29 is 13.2 Å². The van der Waals surface area contributed by atoms with Gasteiger partial charge in [-0.1, -0.05) is 79.7 Å². The van der Waals surface area contributed by atoms with Crippen LogP contribution in [0.25, 0.3) is 11.3 Å². The lowest BCUT2D eigenvalue weighted by molar-refractivity contribution is -0.115. The van der Waals surface area contributed by atoms with Gasteiger partial charge in [-0.15, -0.1) is 11.3 Å². The summed E-state index contributed by atoms with van der Waals surface area (Å²) in [6.07, 6.45) is 1.87. The Morgan fingerprint density at radius 1 is 0.853 bits per heavy atom. The van der Waals surface area contributed by atoms with Gasteiger partial charge in [-0.3, -0.25) is 4.79 Å². The van der Waals surface area contributed by atoms with Gasteiger partial charge in [0.05, 0.1) is 22.8 Å². The van der Waals surface area contributed by atoms with Crippen molar-refractivity contribution in [3.63, 3.8) is 0 Å². The molecule has 1 amide bonds. The molecule has 4 aromatic rings. The van der Waals surface area contributed by atoms with Crippen LogP contribution in [-0.4, -0.2) is 25.1 Å². The zero-order valence-corrected chi connectivity index (χ0v) is 20.5. The number of aryl methyl sites for hydroxylation is 2. The van der Waals surface area contributed by atoms with Crippen LogP contribution in [0.15, 0.2) is 89.8 Å². The molecule has 0 aliphatic heterocycles. The number of anilines is 1. The number of hydrogen-bond acceptors (Lipinski definition) is 5. The second kappa shape index (κ2) is 10.8. The fraction of sp³-hybridized carbons (Fsp3) is 0.185. The van der Waals surface area contributed by atoms with Gasteiger partial charge < -0.3 is 5.32 Å². The Bertz CT molecular complexity index is 1350. The number of nitrogens with zero attached hydrogens (tertiary/aromatic N) is 1. The molecule has 0 atom stereocenters. The molecule has 7 heteroatoms. The number of amides is 1. The van der Waals surface area contributed by atoms with Crippen molar-refractivity contribution >= 4 is 32.2 Å². The van der Waals surface area contributed by atoms with Gasteiger partial charge in [-0.2, -0.15) is 0 Å². The molecule has 0 saturated carbocycles. The van der Waals surface area contributed by atoms with E-state index in [9.17, 15) is 13.2 Å². The highest BCUT2D eigenvalue weighted by atomic mass is 32.2. The third-order valence-corrected chi connectivity index (χ3v) is 8.28. The van der Waals surface area contributed by atoms with Gasteiger partial charge in [-0.25, -0.2) is 13.4 Å². The Morgan fingerprint density at radius 3 is 2.15 bits per heavy atom. The van der Waals surface area contributed by atoms with Crippen molar-refractivity contribution in [1.29, 1.82) is 0 Å². The average Bonchev–Trinajstić information content (AvgIpc) is 3.26. The van der Waals surface area contributed by atoms with Gasteiger partial charge in [0.1, 0.15) is 0 Å². The molecule has 0 bridgehead atoms. The molecule has 0 saturated heterocycles. The molecule has 0 fully saturated rings. The highest BCUT2D eigenvalue weighted by Gasteiger charge is 2.16. The summed E-state index contributed by atoms with van der Waals surface area (Å²) in [4.78, 5) is 18.8. The van der Waals surface area contributed by atoms with Crippen molar-refractivity contribution in [2.24, 2.45) is 0 Å². The maximum Gasteiger partial charge on any atom is 0.230 e. The van der Waals surface area contributed by atoms with Gasteiger partial charge in [-0.05, 0) is 36.1 Å². The van der Waals surface area contributed by atoms with E-state index in [2.05, 4.69) is 17.4 Å². The highest BCUT2D eigenvalue weighted by molar-refractivity contribution is 7.91. The van der Waals surface area contributed by atoms with Gasteiger partial charge in [0.25, 0.3) is 0 Å². The molecule has 1 heterocycles. The van der Waals surface area contributed by atoms with E-state index in [1.165, 1.54) is 16.9 Å². The molecule has 0 spiro atoms. The van der Waals surface area contributed by atoms with Gasteiger partial charge >= 0.3 is 0 Å². The van der Waals surface area contributed by atoms with Crippen LogP contribution in [0.1, 0.15) is 22.9 Å². The molecular formula is C27H26N2O3S2. The van der Waals surface area contributed by atoms with Crippen LogP contribution in [0.3, 0.4) is 0 Å². The minimum Gasteiger partial charge on any atom is -0.302 e. The van der Waals surface area contributed by atoms with E-state index in [1.807, 2.05) is 48.5 Å². The minimum absolute atomic E-state index is 0.0488. The van der Waals surface area contributed by atoms with E-state index in [1.54, 1.807) is 31.2 Å². The largest absolute Gasteiger partial charge is 0.302 e. The maximum atomic E-state index is 12.7. The van der Waals surface area contributed by atoms with Crippen LogP contribution < -0.4 is 5.32 Å². The first-order chi connectivity index (χ1) is 16.4. The third-order valence-electron chi connectivity index (χ3n) is 5.50. The van der Waals surface area contributed by atoms with Crippen LogP contribution in [0.4, 0.5) is 5.13 Å². The average molecular weight is 491 g/mol. The highest BCUT2D eigenvalue weighted by Crippen LogP contribution is 2.32. The van der Waals surface area contributed by atoms with E-state index in [0.717, 1.165) is 34.5 Å². The van der Waals surface area contributed by atoms with Crippen molar-refractivity contribution in [2.45, 2.75) is 31.1 Å². The maximum absolute atomic E-state index is 12.7. The molecule has 174 valence electrons. The zero-order chi connectivity index (χ0) is 24.0. The number of carbonyl (C=O) groups excluding carboxylic acids is 1. The lowest BCUT2D eigenvalue weighted by Gasteiger charge is -2.04. The Morgan fingerprint density at radius 2 is 1.50 bits per heavy atom. The minimum atomic E-state index is -3.25. The smallest absolute Gasteiger partial charge is 0.230 e. The summed E-state index contributed by atoms with van der Waals surface area (Å²) in [5.74, 6) is -0.137. The predicted molar refractivity (Wildman–Crippen MR) is 138 cm³/mol. The van der Waals surface area contributed by atoms with Crippen molar-refractivity contribution in [3.8, 4) is 11.3 Å². The molecule has 0 aliphatic rings. The number of hydrogen-bond donors (Lipinski definition) is 1. The monoisotopic (exact) mass is 490 g/mol. The number of sulfone groups is 1. The molecular weight excluding hydrogens is 464 g/mol. The quantitative estimate of drug-likeness (QED) is 0.333. The number of nitrogens with one attached hydrogen (secondary N) is 1. The first kappa shape index (κ1) is 23.9. The van der Waals surface area contributed by atoms with Gasteiger partial charge in [0, 0.05) is 10.4 Å². The van der Waals surface area contributed by atoms with E-state index in [4.69, 9.17) is 4.98 Å². The van der Waals surface area contributed by atoms with Crippen LogP contribution >= 0.6 is 11.3 Å². The van der Waals surface area contributed by atoms with E-state index in [0.29, 0.717) is 5.13 Å². The van der Waals surface area contributed by atoms with Gasteiger partial charge in [0.2, 0.25) is 5.91 Å². The SMILES string of the molecule is CCS(=O)(=O)c1ccc(CC(=O)Nc2nc(-c3ccccc3)c(CCc3ccccc3)s2)cc1. The number of carbonyl (C=O) groups is 1. The van der Waals surface area contributed by atoms with Crippen LogP contribution in [0.5, 0.6) is 0 Å². The zero-order valence-electron chi connectivity index (χ0n) is 18.9. The first-order valence-electron chi connectivity index (χ1n) is 11.1. The molecule has 1 aromatic heterocycles. The lowest BCUT2D eigenvalue weighted by Crippen LogP contribution is -2.14. The summed E-state index contributed by atoms with van der Waals surface area (Å²) >= 11 is 1.50. The fourth-order valence-corrected chi connectivity index (χ4v) is 5.51.